The van der Waals surface area contributed by atoms with Gasteiger partial charge in [-0.15, -0.1) is 0 Å². The molecule has 1 aliphatic rings. The molecule has 312 valence electrons. The van der Waals surface area contributed by atoms with E-state index < -0.39 is 58.2 Å². The van der Waals surface area contributed by atoms with E-state index in [1.165, 1.54) is 16.8 Å². The van der Waals surface area contributed by atoms with Crippen LogP contribution in [0.2, 0.25) is 18.1 Å². The minimum Gasteiger partial charge on any atom is -0.497 e. The quantitative estimate of drug-likeness (QED) is 0.0450. The first kappa shape index (κ1) is 45.1. The first-order chi connectivity index (χ1) is 27.5. The second-order valence-electron chi connectivity index (χ2n) is 16.5. The van der Waals surface area contributed by atoms with Gasteiger partial charge in [-0.1, -0.05) is 93.6 Å². The van der Waals surface area contributed by atoms with Crippen LogP contribution in [0.5, 0.6) is 5.75 Å². The van der Waals surface area contributed by atoms with Crippen molar-refractivity contribution in [1.29, 1.82) is 5.26 Å². The van der Waals surface area contributed by atoms with Crippen molar-refractivity contribution in [2.45, 2.75) is 115 Å². The number of ether oxygens (including phenoxy) is 3. The van der Waals surface area contributed by atoms with Gasteiger partial charge in [-0.3, -0.25) is 14.3 Å². The van der Waals surface area contributed by atoms with Crippen molar-refractivity contribution < 1.29 is 27.7 Å². The summed E-state index contributed by atoms with van der Waals surface area (Å²) in [6.07, 6.45) is -1.90. The zero-order valence-electron chi connectivity index (χ0n) is 35.4. The minimum absolute atomic E-state index is 0.0153. The Morgan fingerprint density at radius 2 is 1.45 bits per heavy atom. The smallest absolute Gasteiger partial charge is 0.330 e. The maximum absolute atomic E-state index is 13.6. The molecule has 1 aromatic heterocycles. The van der Waals surface area contributed by atoms with Crippen molar-refractivity contribution in [2.24, 2.45) is 0 Å². The average Bonchev–Trinajstić information content (AvgIpc) is 3.50. The van der Waals surface area contributed by atoms with E-state index in [0.717, 1.165) is 16.7 Å². The maximum atomic E-state index is 13.6. The molecule has 14 heteroatoms. The summed E-state index contributed by atoms with van der Waals surface area (Å²) in [7, 11) is -2.78. The Labute approximate surface area is 345 Å². The molecule has 0 saturated carbocycles. The molecule has 58 heavy (non-hydrogen) atoms. The van der Waals surface area contributed by atoms with Crippen LogP contribution < -0.4 is 16.0 Å². The van der Waals surface area contributed by atoms with Gasteiger partial charge < -0.3 is 27.7 Å². The SMILES string of the molecule is COc1ccc(C(OC[C@H]2O[C@@H](n3ccc(=O)[nH]c3=O)C(O[Si](C)(C)C(C)(C)C)[C@H]2OP(OCCC#N)N(C(C)C)C(C)C)(c2ccccc2)c2ccccc2)cc1. The molecule has 2 unspecified atom stereocenters. The molecule has 1 saturated heterocycles. The molecule has 0 radical (unpaired) electrons. The lowest BCUT2D eigenvalue weighted by Crippen LogP contribution is -2.50. The number of aromatic amines is 1. The zero-order valence-corrected chi connectivity index (χ0v) is 37.3. The Hall–Kier alpha value is -3.96. The molecular formula is C44H59N4O8PSi. The number of methoxy groups -OCH3 is 1. The van der Waals surface area contributed by atoms with Crippen LogP contribution in [0, 0.1) is 11.3 Å². The highest BCUT2D eigenvalue weighted by atomic mass is 31.2. The van der Waals surface area contributed by atoms with Crippen molar-refractivity contribution in [1.82, 2.24) is 14.2 Å². The van der Waals surface area contributed by atoms with Gasteiger partial charge in [-0.25, -0.2) is 9.46 Å². The summed E-state index contributed by atoms with van der Waals surface area (Å²) in [5, 5.41) is 9.25. The van der Waals surface area contributed by atoms with Gasteiger partial charge in [-0.2, -0.15) is 5.26 Å². The molecule has 3 aromatic carbocycles. The van der Waals surface area contributed by atoms with Crippen LogP contribution in [0.15, 0.2) is 107 Å². The Morgan fingerprint density at radius 3 is 1.95 bits per heavy atom. The van der Waals surface area contributed by atoms with Gasteiger partial charge in [0, 0.05) is 24.3 Å². The number of nitrogens with zero attached hydrogens (tertiary/aromatic N) is 3. The summed E-state index contributed by atoms with van der Waals surface area (Å²) in [6.45, 7) is 19.2. The van der Waals surface area contributed by atoms with Crippen LogP contribution in [0.1, 0.15) is 77.8 Å². The van der Waals surface area contributed by atoms with E-state index >= 15 is 0 Å². The molecule has 1 N–H and O–H groups in total. The lowest BCUT2D eigenvalue weighted by Gasteiger charge is -2.42. The molecule has 0 aliphatic carbocycles. The number of aromatic nitrogens is 2. The Morgan fingerprint density at radius 1 is 0.879 bits per heavy atom. The summed E-state index contributed by atoms with van der Waals surface area (Å²) in [6, 6.07) is 31.4. The third-order valence-corrected chi connectivity index (χ3v) is 17.4. The summed E-state index contributed by atoms with van der Waals surface area (Å²) in [4.78, 5) is 28.3. The van der Waals surface area contributed by atoms with E-state index in [-0.39, 0.29) is 36.8 Å². The Balaban J connectivity index is 1.71. The molecule has 0 bridgehead atoms. The number of nitrogens with one attached hydrogen (secondary N) is 1. The summed E-state index contributed by atoms with van der Waals surface area (Å²) < 4.78 is 44.3. The second-order valence-corrected chi connectivity index (χ2v) is 22.7. The Kier molecular flexibility index (Phi) is 15.1. The highest BCUT2D eigenvalue weighted by Crippen LogP contribution is 2.52. The van der Waals surface area contributed by atoms with Crippen molar-refractivity contribution in [3.8, 4) is 11.8 Å². The first-order valence-electron chi connectivity index (χ1n) is 19.8. The van der Waals surface area contributed by atoms with Gasteiger partial charge >= 0.3 is 5.69 Å². The normalized spacial score (nSPS) is 19.4. The molecule has 12 nitrogen and oxygen atoms in total. The molecule has 0 spiro atoms. The van der Waals surface area contributed by atoms with Gasteiger partial charge in [0.25, 0.3) is 14.1 Å². The topological polar surface area (TPSA) is 137 Å². The number of hydrogen-bond acceptors (Lipinski definition) is 10. The predicted octanol–water partition coefficient (Wildman–Crippen LogP) is 8.50. The molecule has 1 fully saturated rings. The number of nitriles is 1. The molecule has 2 heterocycles. The van der Waals surface area contributed by atoms with Gasteiger partial charge in [-0.05, 0) is 74.7 Å². The van der Waals surface area contributed by atoms with E-state index in [2.05, 4.69) is 77.3 Å². The van der Waals surface area contributed by atoms with E-state index in [1.54, 1.807) is 7.11 Å². The van der Waals surface area contributed by atoms with E-state index in [4.69, 9.17) is 27.7 Å². The number of rotatable bonds is 18. The lowest BCUT2D eigenvalue weighted by molar-refractivity contribution is -0.0943. The standard InChI is InChI=1S/C44H59N4O8PSi/c1-31(2)48(32(3)4)57(53-29-17-27-45)55-39-37(54-41(47-28-26-38(49)46-42(47)50)40(39)56-58(9,10)43(5,6)7)30-52-44(33-18-13-11-14-19-33,34-20-15-12-16-21-34)35-22-24-36(51-8)25-23-35/h11-16,18-26,28,31-32,37,39-41H,17,29-30H2,1-10H3,(H,46,49,50)/t37-,39+,40?,41-,57?/m1/s1. The average molecular weight is 831 g/mol. The van der Waals surface area contributed by atoms with E-state index in [1.807, 2.05) is 84.9 Å². The monoisotopic (exact) mass is 830 g/mol. The molecule has 5 rings (SSSR count). The number of H-pyrrole nitrogens is 1. The lowest BCUT2D eigenvalue weighted by atomic mass is 9.80. The van der Waals surface area contributed by atoms with Crippen molar-refractivity contribution in [3.05, 3.63) is 135 Å². The maximum Gasteiger partial charge on any atom is 0.330 e. The minimum atomic E-state index is -2.61. The van der Waals surface area contributed by atoms with Gasteiger partial charge in [0.15, 0.2) is 14.5 Å². The fourth-order valence-corrected chi connectivity index (χ4v) is 10.0. The fraction of sp³-hybridized carbons (Fsp3) is 0.477. The Bertz CT molecular complexity index is 2020. The van der Waals surface area contributed by atoms with Crippen molar-refractivity contribution in [3.63, 3.8) is 0 Å². The highest BCUT2D eigenvalue weighted by Gasteiger charge is 2.54. The predicted molar refractivity (Wildman–Crippen MR) is 229 cm³/mol. The van der Waals surface area contributed by atoms with Gasteiger partial charge in [0.1, 0.15) is 29.7 Å². The third-order valence-electron chi connectivity index (χ3n) is 10.8. The summed E-state index contributed by atoms with van der Waals surface area (Å²) in [5.41, 5.74) is 0.330. The molecule has 4 aromatic rings. The van der Waals surface area contributed by atoms with Crippen LogP contribution in [-0.2, 0) is 28.5 Å². The molecule has 0 amide bonds. The fourth-order valence-electron chi connectivity index (χ4n) is 6.99. The van der Waals surface area contributed by atoms with Crippen LogP contribution in [0.25, 0.3) is 0 Å². The van der Waals surface area contributed by atoms with E-state index in [9.17, 15) is 14.9 Å². The van der Waals surface area contributed by atoms with Crippen LogP contribution in [0.3, 0.4) is 0 Å². The second kappa shape index (κ2) is 19.4. The number of hydrogen-bond donors (Lipinski definition) is 1. The van der Waals surface area contributed by atoms with Crippen LogP contribution in [-0.4, -0.2) is 73.3 Å². The summed E-state index contributed by atoms with van der Waals surface area (Å²) >= 11 is 0. The van der Waals surface area contributed by atoms with Crippen molar-refractivity contribution in [2.75, 3.05) is 20.3 Å². The van der Waals surface area contributed by atoms with Crippen LogP contribution >= 0.6 is 8.53 Å². The number of benzene rings is 3. The molecule has 5 atom stereocenters. The first-order valence-corrected chi connectivity index (χ1v) is 23.9. The summed E-state index contributed by atoms with van der Waals surface area (Å²) in [5.74, 6) is 0.704. The van der Waals surface area contributed by atoms with Crippen LogP contribution in [0.4, 0.5) is 0 Å². The van der Waals surface area contributed by atoms with E-state index in [0.29, 0.717) is 5.75 Å². The highest BCUT2D eigenvalue weighted by molar-refractivity contribution is 7.44. The third kappa shape index (κ3) is 10.1. The van der Waals surface area contributed by atoms with Gasteiger partial charge in [0.2, 0.25) is 0 Å². The van der Waals surface area contributed by atoms with Gasteiger partial charge in [0.05, 0.1) is 32.8 Å². The largest absolute Gasteiger partial charge is 0.497 e. The van der Waals surface area contributed by atoms with Crippen molar-refractivity contribution >= 4 is 16.8 Å². The molecular weight excluding hydrogens is 772 g/mol. The molecule has 1 aliphatic heterocycles. The zero-order chi connectivity index (χ0) is 42.3.